The molecule has 1 fully saturated rings. The molecule has 1 heterocycles. The highest BCUT2D eigenvalue weighted by molar-refractivity contribution is 7.10. The van der Waals surface area contributed by atoms with Gasteiger partial charge in [-0.15, -0.1) is 11.3 Å². The third-order valence-electron chi connectivity index (χ3n) is 2.69. The molecule has 0 aliphatic heterocycles. The van der Waals surface area contributed by atoms with E-state index in [-0.39, 0.29) is 0 Å². The zero-order valence-electron chi connectivity index (χ0n) is 7.66. The lowest BCUT2D eigenvalue weighted by Crippen LogP contribution is -2.16. The van der Waals surface area contributed by atoms with E-state index in [1.165, 1.54) is 24.1 Å². The van der Waals surface area contributed by atoms with Crippen LogP contribution in [-0.4, -0.2) is 5.78 Å². The van der Waals surface area contributed by atoms with E-state index in [1.54, 1.807) is 11.3 Å². The van der Waals surface area contributed by atoms with Gasteiger partial charge in [0.15, 0.2) is 0 Å². The van der Waals surface area contributed by atoms with Crippen molar-refractivity contribution in [3.63, 3.8) is 0 Å². The Morgan fingerprint density at radius 3 is 2.92 bits per heavy atom. The van der Waals surface area contributed by atoms with Crippen LogP contribution in [-0.2, 0) is 11.2 Å². The number of Topliss-reactive ketones (excluding diaryl/α,β-unsaturated/α-hetero) is 1. The highest BCUT2D eigenvalue weighted by Crippen LogP contribution is 2.30. The van der Waals surface area contributed by atoms with Crippen LogP contribution in [0.4, 0.5) is 0 Å². The number of ketones is 1. The van der Waals surface area contributed by atoms with Gasteiger partial charge in [-0.05, 0) is 17.4 Å². The first-order chi connectivity index (χ1) is 6.34. The molecule has 1 aromatic rings. The van der Waals surface area contributed by atoms with Crippen molar-refractivity contribution in [1.82, 2.24) is 0 Å². The molecule has 0 atom stereocenters. The molecule has 1 saturated carbocycles. The molecule has 0 N–H and O–H groups in total. The molecule has 0 saturated heterocycles. The van der Waals surface area contributed by atoms with Gasteiger partial charge in [-0.25, -0.2) is 0 Å². The van der Waals surface area contributed by atoms with Gasteiger partial charge in [-0.2, -0.15) is 0 Å². The van der Waals surface area contributed by atoms with E-state index < -0.39 is 0 Å². The van der Waals surface area contributed by atoms with Crippen molar-refractivity contribution in [1.29, 1.82) is 0 Å². The highest BCUT2D eigenvalue weighted by atomic mass is 32.1. The zero-order chi connectivity index (χ0) is 9.10. The fourth-order valence-electron chi connectivity index (χ4n) is 1.70. The van der Waals surface area contributed by atoms with Crippen molar-refractivity contribution in [2.75, 3.05) is 0 Å². The van der Waals surface area contributed by atoms with Gasteiger partial charge in [0.25, 0.3) is 0 Å². The Morgan fingerprint density at radius 2 is 2.38 bits per heavy atom. The summed E-state index contributed by atoms with van der Waals surface area (Å²) in [4.78, 5) is 12.7. The van der Waals surface area contributed by atoms with Crippen LogP contribution in [0.1, 0.15) is 30.6 Å². The van der Waals surface area contributed by atoms with Crippen LogP contribution in [0.25, 0.3) is 0 Å². The summed E-state index contributed by atoms with van der Waals surface area (Å²) in [5, 5.41) is 2.03. The maximum atomic E-state index is 11.5. The summed E-state index contributed by atoms with van der Waals surface area (Å²) in [7, 11) is 0. The van der Waals surface area contributed by atoms with Crippen molar-refractivity contribution < 1.29 is 4.79 Å². The molecule has 1 aliphatic carbocycles. The molecule has 0 amide bonds. The van der Waals surface area contributed by atoms with Crippen LogP contribution >= 0.6 is 11.3 Å². The Bertz CT molecular complexity index is 272. The number of hydrogen-bond donors (Lipinski definition) is 0. The van der Waals surface area contributed by atoms with E-state index in [0.29, 0.717) is 18.1 Å². The fourth-order valence-corrected chi connectivity index (χ4v) is 2.43. The molecular formula is C11H14OS. The molecule has 2 heteroatoms. The van der Waals surface area contributed by atoms with Gasteiger partial charge in [-0.1, -0.05) is 25.3 Å². The number of carbonyl (C=O) groups excluding carboxylic acids is 1. The first kappa shape index (κ1) is 8.95. The van der Waals surface area contributed by atoms with Gasteiger partial charge in [0.05, 0.1) is 0 Å². The lowest BCUT2D eigenvalue weighted by Gasteiger charge is -2.24. The minimum atomic E-state index is 0.423. The minimum Gasteiger partial charge on any atom is -0.299 e. The van der Waals surface area contributed by atoms with E-state index in [1.807, 2.05) is 17.5 Å². The number of thiophene rings is 1. The second-order valence-electron chi connectivity index (χ2n) is 3.80. The van der Waals surface area contributed by atoms with Gasteiger partial charge < -0.3 is 0 Å². The first-order valence-electron chi connectivity index (χ1n) is 4.88. The van der Waals surface area contributed by atoms with Crippen molar-refractivity contribution in [3.05, 3.63) is 22.4 Å². The lowest BCUT2D eigenvalue weighted by molar-refractivity contribution is -0.119. The first-order valence-corrected chi connectivity index (χ1v) is 5.76. The van der Waals surface area contributed by atoms with E-state index in [0.717, 1.165) is 6.42 Å². The summed E-state index contributed by atoms with van der Waals surface area (Å²) >= 11 is 1.68. The van der Waals surface area contributed by atoms with Crippen LogP contribution in [0.3, 0.4) is 0 Å². The Kier molecular flexibility index (Phi) is 2.79. The molecular weight excluding hydrogens is 180 g/mol. The van der Waals surface area contributed by atoms with Gasteiger partial charge in [0.1, 0.15) is 5.78 Å². The van der Waals surface area contributed by atoms with E-state index >= 15 is 0 Å². The number of hydrogen-bond acceptors (Lipinski definition) is 2. The van der Waals surface area contributed by atoms with Crippen molar-refractivity contribution in [3.8, 4) is 0 Å². The predicted molar refractivity (Wildman–Crippen MR) is 55.0 cm³/mol. The van der Waals surface area contributed by atoms with Crippen molar-refractivity contribution in [2.45, 2.75) is 32.1 Å². The van der Waals surface area contributed by atoms with Crippen LogP contribution in [0.15, 0.2) is 17.5 Å². The third kappa shape index (κ3) is 2.41. The third-order valence-corrected chi connectivity index (χ3v) is 3.57. The maximum absolute atomic E-state index is 11.5. The molecule has 0 spiro atoms. The van der Waals surface area contributed by atoms with Gasteiger partial charge in [-0.3, -0.25) is 4.79 Å². The Hall–Kier alpha value is -0.630. The summed E-state index contributed by atoms with van der Waals surface area (Å²) in [5.41, 5.74) is 0. The summed E-state index contributed by atoms with van der Waals surface area (Å²) in [6.45, 7) is 0. The second-order valence-corrected chi connectivity index (χ2v) is 4.83. The molecule has 70 valence electrons. The molecule has 0 aromatic carbocycles. The monoisotopic (exact) mass is 194 g/mol. The van der Waals surface area contributed by atoms with Crippen LogP contribution in [0, 0.1) is 5.92 Å². The standard InChI is InChI=1S/C11H14OS/c12-10(7-9-3-1-4-9)8-11-5-2-6-13-11/h2,5-6,9H,1,3-4,7-8H2. The topological polar surface area (TPSA) is 17.1 Å². The highest BCUT2D eigenvalue weighted by Gasteiger charge is 2.20. The summed E-state index contributed by atoms with van der Waals surface area (Å²) in [6, 6.07) is 4.06. The van der Waals surface area contributed by atoms with E-state index in [4.69, 9.17) is 0 Å². The average molecular weight is 194 g/mol. The van der Waals surface area contributed by atoms with E-state index in [9.17, 15) is 4.79 Å². The zero-order valence-corrected chi connectivity index (χ0v) is 8.48. The van der Waals surface area contributed by atoms with Crippen LogP contribution in [0.2, 0.25) is 0 Å². The minimum absolute atomic E-state index is 0.423. The Labute approximate surface area is 82.8 Å². The quantitative estimate of drug-likeness (QED) is 0.720. The van der Waals surface area contributed by atoms with Gasteiger partial charge in [0.2, 0.25) is 0 Å². The van der Waals surface area contributed by atoms with E-state index in [2.05, 4.69) is 0 Å². The number of carbonyl (C=O) groups is 1. The van der Waals surface area contributed by atoms with Crippen LogP contribution in [0.5, 0.6) is 0 Å². The fraction of sp³-hybridized carbons (Fsp3) is 0.545. The normalized spacial score (nSPS) is 16.9. The SMILES string of the molecule is O=C(Cc1cccs1)CC1CCC1. The largest absolute Gasteiger partial charge is 0.299 e. The second kappa shape index (κ2) is 4.05. The van der Waals surface area contributed by atoms with Crippen molar-refractivity contribution >= 4 is 17.1 Å². The number of rotatable bonds is 4. The summed E-state index contributed by atoms with van der Waals surface area (Å²) < 4.78 is 0. The van der Waals surface area contributed by atoms with Crippen molar-refractivity contribution in [2.24, 2.45) is 5.92 Å². The lowest BCUT2D eigenvalue weighted by atomic mass is 9.81. The Balaban J connectivity index is 1.78. The molecule has 13 heavy (non-hydrogen) atoms. The molecule has 1 aromatic heterocycles. The van der Waals surface area contributed by atoms with Gasteiger partial charge >= 0.3 is 0 Å². The molecule has 0 unspecified atom stereocenters. The van der Waals surface area contributed by atoms with Gasteiger partial charge in [0, 0.05) is 17.7 Å². The van der Waals surface area contributed by atoms with Crippen LogP contribution < -0.4 is 0 Å². The maximum Gasteiger partial charge on any atom is 0.138 e. The summed E-state index contributed by atoms with van der Waals surface area (Å²) in [6.07, 6.45) is 5.36. The molecule has 1 aliphatic rings. The molecule has 1 nitrogen and oxygen atoms in total. The average Bonchev–Trinajstić information content (AvgIpc) is 2.49. The predicted octanol–water partition coefficient (Wildman–Crippen LogP) is 3.05. The Morgan fingerprint density at radius 1 is 1.54 bits per heavy atom. The molecule has 2 rings (SSSR count). The molecule has 0 bridgehead atoms. The summed E-state index contributed by atoms with van der Waals surface area (Å²) in [5.74, 6) is 1.14. The molecule has 0 radical (unpaired) electrons. The smallest absolute Gasteiger partial charge is 0.138 e.